The van der Waals surface area contributed by atoms with Crippen LogP contribution in [-0.2, 0) is 14.3 Å². The fourth-order valence-corrected chi connectivity index (χ4v) is 3.95. The van der Waals surface area contributed by atoms with Crippen molar-refractivity contribution in [3.8, 4) is 0 Å². The van der Waals surface area contributed by atoms with Gasteiger partial charge < -0.3 is 14.4 Å². The molecule has 1 atom stereocenters. The molecule has 1 amide bonds. The number of carbonyl (C=O) groups is 1. The standard InChI is InChI=1S/C19H25F2N5O3/c20-18(21)16-9-15(24-19-22-12-23-26(16)19)13-4-6-25(7-5-13)17(27)11-28-10-14-3-1-2-8-29-14/h9,12-14,18H,1-8,10-11H2. The molecule has 2 aromatic rings. The van der Waals surface area contributed by atoms with Gasteiger partial charge >= 0.3 is 0 Å². The summed E-state index contributed by atoms with van der Waals surface area (Å²) in [6, 6.07) is 1.40. The molecule has 0 radical (unpaired) electrons. The summed E-state index contributed by atoms with van der Waals surface area (Å²) >= 11 is 0. The van der Waals surface area contributed by atoms with Crippen molar-refractivity contribution in [3.63, 3.8) is 0 Å². The number of alkyl halides is 2. The predicted molar refractivity (Wildman–Crippen MR) is 98.7 cm³/mol. The van der Waals surface area contributed by atoms with Crippen LogP contribution >= 0.6 is 0 Å². The minimum absolute atomic E-state index is 0.00908. The van der Waals surface area contributed by atoms with Crippen LogP contribution in [0.3, 0.4) is 0 Å². The second-order valence-corrected chi connectivity index (χ2v) is 7.54. The van der Waals surface area contributed by atoms with E-state index in [9.17, 15) is 13.6 Å². The first kappa shape index (κ1) is 20.1. The van der Waals surface area contributed by atoms with Crippen LogP contribution in [0.15, 0.2) is 12.4 Å². The normalized spacial score (nSPS) is 21.2. The second-order valence-electron chi connectivity index (χ2n) is 7.54. The third kappa shape index (κ3) is 4.69. The van der Waals surface area contributed by atoms with Gasteiger partial charge in [0.15, 0.2) is 0 Å². The van der Waals surface area contributed by atoms with Crippen molar-refractivity contribution >= 4 is 11.7 Å². The molecule has 158 valence electrons. The van der Waals surface area contributed by atoms with Crippen LogP contribution in [0.4, 0.5) is 8.78 Å². The highest BCUT2D eigenvalue weighted by molar-refractivity contribution is 5.77. The highest BCUT2D eigenvalue weighted by Crippen LogP contribution is 2.29. The molecule has 8 nitrogen and oxygen atoms in total. The first-order valence-electron chi connectivity index (χ1n) is 10.1. The van der Waals surface area contributed by atoms with Crippen molar-refractivity contribution in [2.45, 2.75) is 50.6 Å². The van der Waals surface area contributed by atoms with Crippen molar-refractivity contribution in [2.24, 2.45) is 0 Å². The molecule has 0 N–H and O–H groups in total. The molecular formula is C19H25F2N5O3. The molecule has 10 heteroatoms. The fourth-order valence-electron chi connectivity index (χ4n) is 3.95. The van der Waals surface area contributed by atoms with Crippen molar-refractivity contribution in [3.05, 3.63) is 23.8 Å². The Labute approximate surface area is 167 Å². The average Bonchev–Trinajstić information content (AvgIpc) is 3.22. The molecule has 0 bridgehead atoms. The summed E-state index contributed by atoms with van der Waals surface area (Å²) in [6.07, 6.45) is 3.17. The van der Waals surface area contributed by atoms with Gasteiger partial charge in [-0.25, -0.2) is 13.8 Å². The lowest BCUT2D eigenvalue weighted by molar-refractivity contribution is -0.139. The Morgan fingerprint density at radius 2 is 2.10 bits per heavy atom. The third-order valence-electron chi connectivity index (χ3n) is 5.59. The number of likely N-dealkylation sites (tertiary alicyclic amines) is 1. The molecule has 4 rings (SSSR count). The zero-order valence-electron chi connectivity index (χ0n) is 16.2. The highest BCUT2D eigenvalue weighted by atomic mass is 19.3. The van der Waals surface area contributed by atoms with Crippen LogP contribution in [0.5, 0.6) is 0 Å². The molecule has 0 saturated carbocycles. The van der Waals surface area contributed by atoms with E-state index in [1.54, 1.807) is 4.90 Å². The summed E-state index contributed by atoms with van der Waals surface area (Å²) in [5, 5.41) is 3.81. The molecule has 29 heavy (non-hydrogen) atoms. The molecule has 0 aromatic carbocycles. The molecule has 2 aliphatic rings. The fraction of sp³-hybridized carbons (Fsp3) is 0.684. The number of fused-ring (bicyclic) bond motifs is 1. The van der Waals surface area contributed by atoms with Gasteiger partial charge in [-0.1, -0.05) is 0 Å². The van der Waals surface area contributed by atoms with Gasteiger partial charge in [-0.15, -0.1) is 0 Å². The highest BCUT2D eigenvalue weighted by Gasteiger charge is 2.27. The summed E-state index contributed by atoms with van der Waals surface area (Å²) in [5.74, 6) is 0.137. The van der Waals surface area contributed by atoms with Gasteiger partial charge in [0.25, 0.3) is 12.2 Å². The van der Waals surface area contributed by atoms with Gasteiger partial charge in [0, 0.05) is 31.3 Å². The Morgan fingerprint density at radius 1 is 1.28 bits per heavy atom. The maximum absolute atomic E-state index is 13.4. The van der Waals surface area contributed by atoms with Crippen LogP contribution in [0.2, 0.25) is 0 Å². The average molecular weight is 409 g/mol. The Morgan fingerprint density at radius 3 is 2.83 bits per heavy atom. The van der Waals surface area contributed by atoms with E-state index in [0.717, 1.165) is 30.4 Å². The van der Waals surface area contributed by atoms with Crippen LogP contribution in [-0.4, -0.2) is 69.4 Å². The summed E-state index contributed by atoms with van der Waals surface area (Å²) < 4.78 is 38.9. The lowest BCUT2D eigenvalue weighted by Gasteiger charge is -2.32. The lowest BCUT2D eigenvalue weighted by Crippen LogP contribution is -2.40. The number of piperidine rings is 1. The van der Waals surface area contributed by atoms with E-state index in [4.69, 9.17) is 9.47 Å². The molecule has 2 saturated heterocycles. The zero-order chi connectivity index (χ0) is 20.2. The van der Waals surface area contributed by atoms with Crippen LogP contribution < -0.4 is 0 Å². The predicted octanol–water partition coefficient (Wildman–Crippen LogP) is 2.35. The van der Waals surface area contributed by atoms with E-state index in [2.05, 4.69) is 15.1 Å². The lowest BCUT2D eigenvalue weighted by atomic mass is 9.93. The van der Waals surface area contributed by atoms with E-state index >= 15 is 0 Å². The van der Waals surface area contributed by atoms with Crippen LogP contribution in [0, 0.1) is 0 Å². The first-order valence-corrected chi connectivity index (χ1v) is 10.1. The number of hydrogen-bond donors (Lipinski definition) is 0. The molecule has 4 heterocycles. The topological polar surface area (TPSA) is 81.9 Å². The van der Waals surface area contributed by atoms with Crippen molar-refractivity contribution in [2.75, 3.05) is 32.9 Å². The number of hydrogen-bond acceptors (Lipinski definition) is 6. The van der Waals surface area contributed by atoms with Gasteiger partial charge in [0.2, 0.25) is 5.91 Å². The monoisotopic (exact) mass is 409 g/mol. The summed E-state index contributed by atoms with van der Waals surface area (Å²) in [7, 11) is 0. The maximum atomic E-state index is 13.4. The number of rotatable bonds is 6. The van der Waals surface area contributed by atoms with Crippen molar-refractivity contribution in [1.29, 1.82) is 0 Å². The quantitative estimate of drug-likeness (QED) is 0.729. The summed E-state index contributed by atoms with van der Waals surface area (Å²) in [6.45, 7) is 2.36. The third-order valence-corrected chi connectivity index (χ3v) is 5.59. The Bertz CT molecular complexity index is 832. The SMILES string of the molecule is O=C(COCC1CCCCO1)N1CCC(c2cc(C(F)F)n3ncnc3n2)CC1. The molecule has 1 unspecified atom stereocenters. The first-order chi connectivity index (χ1) is 14.1. The van der Waals surface area contributed by atoms with Crippen molar-refractivity contribution in [1.82, 2.24) is 24.5 Å². The Balaban J connectivity index is 1.30. The minimum Gasteiger partial charge on any atom is -0.376 e. The van der Waals surface area contributed by atoms with E-state index < -0.39 is 6.43 Å². The maximum Gasteiger partial charge on any atom is 0.280 e. The zero-order valence-corrected chi connectivity index (χ0v) is 16.2. The number of nitrogens with zero attached hydrogens (tertiary/aromatic N) is 5. The molecule has 2 aliphatic heterocycles. The van der Waals surface area contributed by atoms with Crippen LogP contribution in [0.25, 0.3) is 5.78 Å². The molecule has 2 aromatic heterocycles. The molecular weight excluding hydrogens is 384 g/mol. The van der Waals surface area contributed by atoms with E-state index in [1.807, 2.05) is 0 Å². The van der Waals surface area contributed by atoms with Gasteiger partial charge in [-0.05, 0) is 38.2 Å². The van der Waals surface area contributed by atoms with Gasteiger partial charge in [0.1, 0.15) is 18.6 Å². The largest absolute Gasteiger partial charge is 0.376 e. The summed E-state index contributed by atoms with van der Waals surface area (Å²) in [5.41, 5.74) is 0.373. The van der Waals surface area contributed by atoms with E-state index in [0.29, 0.717) is 38.2 Å². The number of halogens is 2. The Hall–Kier alpha value is -2.20. The van der Waals surface area contributed by atoms with E-state index in [1.165, 1.54) is 12.4 Å². The van der Waals surface area contributed by atoms with Crippen LogP contribution in [0.1, 0.15) is 55.8 Å². The number of ether oxygens (including phenoxy) is 2. The summed E-state index contributed by atoms with van der Waals surface area (Å²) in [4.78, 5) is 22.5. The number of amides is 1. The van der Waals surface area contributed by atoms with E-state index in [-0.39, 0.29) is 36.0 Å². The molecule has 0 spiro atoms. The molecule has 2 fully saturated rings. The smallest absolute Gasteiger partial charge is 0.280 e. The Kier molecular flexibility index (Phi) is 6.29. The van der Waals surface area contributed by atoms with Gasteiger partial charge in [0.05, 0.1) is 12.7 Å². The minimum atomic E-state index is -2.66. The number of aromatic nitrogens is 4. The van der Waals surface area contributed by atoms with Gasteiger partial charge in [-0.2, -0.15) is 14.6 Å². The second kappa shape index (κ2) is 9.08. The van der Waals surface area contributed by atoms with Crippen molar-refractivity contribution < 1.29 is 23.0 Å². The van der Waals surface area contributed by atoms with Gasteiger partial charge in [-0.3, -0.25) is 4.79 Å². The number of carbonyl (C=O) groups excluding carboxylic acids is 1. The molecule has 0 aliphatic carbocycles.